The summed E-state index contributed by atoms with van der Waals surface area (Å²) in [5.74, 6) is 3.65. The Morgan fingerprint density at radius 1 is 1.38 bits per heavy atom. The van der Waals surface area contributed by atoms with E-state index in [2.05, 4.69) is 28.6 Å². The van der Waals surface area contributed by atoms with Crippen LogP contribution in [0.3, 0.4) is 0 Å². The topological polar surface area (TPSA) is 15.3 Å². The maximum Gasteiger partial charge on any atom is 0.0191 e. The summed E-state index contributed by atoms with van der Waals surface area (Å²) in [6, 6.07) is 0. The summed E-state index contributed by atoms with van der Waals surface area (Å²) in [4.78, 5) is 2.54. The van der Waals surface area contributed by atoms with Gasteiger partial charge in [0.1, 0.15) is 0 Å². The molecular formula is C13H24N2S. The monoisotopic (exact) mass is 240 g/mol. The molecule has 0 amide bonds. The van der Waals surface area contributed by atoms with Crippen LogP contribution in [0.15, 0.2) is 12.2 Å². The predicted octanol–water partition coefficient (Wildman–Crippen LogP) is 1.98. The molecule has 0 bridgehead atoms. The molecule has 2 saturated heterocycles. The molecule has 0 radical (unpaired) electrons. The molecule has 0 aromatic heterocycles. The van der Waals surface area contributed by atoms with E-state index in [0.29, 0.717) is 0 Å². The van der Waals surface area contributed by atoms with Gasteiger partial charge in [0.2, 0.25) is 0 Å². The van der Waals surface area contributed by atoms with Crippen LogP contribution in [0, 0.1) is 5.92 Å². The lowest BCUT2D eigenvalue weighted by molar-refractivity contribution is 0.255. The van der Waals surface area contributed by atoms with E-state index in [1.807, 2.05) is 0 Å². The average Bonchev–Trinajstić information content (AvgIpc) is 2.31. The Bertz CT molecular complexity index is 196. The van der Waals surface area contributed by atoms with Crippen LogP contribution in [0.4, 0.5) is 0 Å². The summed E-state index contributed by atoms with van der Waals surface area (Å²) in [6.45, 7) is 10.1. The number of hydrogen-bond acceptors (Lipinski definition) is 3. The summed E-state index contributed by atoms with van der Waals surface area (Å²) in [6.07, 6.45) is 4.10. The first-order chi connectivity index (χ1) is 7.84. The number of hydrogen-bond donors (Lipinski definition) is 1. The molecule has 0 aliphatic carbocycles. The van der Waals surface area contributed by atoms with Crippen LogP contribution in [-0.2, 0) is 0 Å². The van der Waals surface area contributed by atoms with Gasteiger partial charge in [0.15, 0.2) is 0 Å². The van der Waals surface area contributed by atoms with Crippen LogP contribution >= 0.6 is 11.8 Å². The number of rotatable bonds is 4. The van der Waals surface area contributed by atoms with Gasteiger partial charge in [-0.1, -0.05) is 12.2 Å². The van der Waals surface area contributed by atoms with Crippen LogP contribution in [0.25, 0.3) is 0 Å². The average molecular weight is 240 g/mol. The van der Waals surface area contributed by atoms with Gasteiger partial charge in [0, 0.05) is 32.7 Å². The fourth-order valence-corrected chi connectivity index (χ4v) is 3.78. The molecule has 2 nitrogen and oxygen atoms in total. The Kier molecular flexibility index (Phi) is 5.20. The van der Waals surface area contributed by atoms with Gasteiger partial charge >= 0.3 is 0 Å². The molecule has 0 aromatic rings. The highest BCUT2D eigenvalue weighted by atomic mass is 32.2. The molecule has 0 spiro atoms. The minimum Gasteiger partial charge on any atom is -0.314 e. The SMILES string of the molecule is C=C(CC1CCCSC1)CN1CCNCC1. The van der Waals surface area contributed by atoms with E-state index in [1.165, 1.54) is 49.4 Å². The molecule has 0 aromatic carbocycles. The third-order valence-electron chi connectivity index (χ3n) is 3.49. The van der Waals surface area contributed by atoms with Gasteiger partial charge in [-0.05, 0) is 36.7 Å². The first-order valence-corrected chi connectivity index (χ1v) is 7.67. The molecule has 2 aliphatic rings. The molecule has 3 heteroatoms. The minimum absolute atomic E-state index is 0.911. The van der Waals surface area contributed by atoms with Gasteiger partial charge in [-0.15, -0.1) is 0 Å². The first kappa shape index (κ1) is 12.5. The van der Waals surface area contributed by atoms with E-state index in [-0.39, 0.29) is 0 Å². The molecule has 1 unspecified atom stereocenters. The number of piperazine rings is 1. The van der Waals surface area contributed by atoms with Gasteiger partial charge in [0.25, 0.3) is 0 Å². The number of thioether (sulfide) groups is 1. The highest BCUT2D eigenvalue weighted by molar-refractivity contribution is 7.99. The van der Waals surface area contributed by atoms with E-state index in [1.54, 1.807) is 0 Å². The maximum absolute atomic E-state index is 4.27. The van der Waals surface area contributed by atoms with E-state index < -0.39 is 0 Å². The van der Waals surface area contributed by atoms with Gasteiger partial charge in [-0.3, -0.25) is 4.90 Å². The standard InChI is InChI=1S/C13H24N2S/c1-12(9-13-3-2-8-16-11-13)10-15-6-4-14-5-7-15/h13-14H,1-11H2. The molecular weight excluding hydrogens is 216 g/mol. The molecule has 92 valence electrons. The molecule has 2 fully saturated rings. The van der Waals surface area contributed by atoms with E-state index >= 15 is 0 Å². The first-order valence-electron chi connectivity index (χ1n) is 6.52. The third kappa shape index (κ3) is 4.11. The fraction of sp³-hybridized carbons (Fsp3) is 0.846. The summed E-state index contributed by atoms with van der Waals surface area (Å²) >= 11 is 2.13. The maximum atomic E-state index is 4.27. The molecule has 2 heterocycles. The molecule has 2 rings (SSSR count). The van der Waals surface area contributed by atoms with Crippen molar-refractivity contribution in [3.05, 3.63) is 12.2 Å². The molecule has 2 aliphatic heterocycles. The molecule has 16 heavy (non-hydrogen) atoms. The van der Waals surface area contributed by atoms with Crippen LogP contribution in [-0.4, -0.2) is 49.1 Å². The molecule has 1 N–H and O–H groups in total. The minimum atomic E-state index is 0.911. The Balaban J connectivity index is 1.66. The zero-order chi connectivity index (χ0) is 11.2. The second-order valence-corrected chi connectivity index (χ2v) is 6.21. The van der Waals surface area contributed by atoms with Gasteiger partial charge in [-0.25, -0.2) is 0 Å². The van der Waals surface area contributed by atoms with Gasteiger partial charge in [0.05, 0.1) is 0 Å². The Hall–Kier alpha value is 0.01000. The van der Waals surface area contributed by atoms with Crippen molar-refractivity contribution >= 4 is 11.8 Å². The normalized spacial score (nSPS) is 27.9. The summed E-state index contributed by atoms with van der Waals surface area (Å²) in [5.41, 5.74) is 1.45. The van der Waals surface area contributed by atoms with Crippen molar-refractivity contribution in [1.29, 1.82) is 0 Å². The highest BCUT2D eigenvalue weighted by Gasteiger charge is 2.16. The van der Waals surface area contributed by atoms with E-state index in [4.69, 9.17) is 0 Å². The lowest BCUT2D eigenvalue weighted by atomic mass is 9.97. The van der Waals surface area contributed by atoms with Crippen LogP contribution in [0.2, 0.25) is 0 Å². The largest absolute Gasteiger partial charge is 0.314 e. The van der Waals surface area contributed by atoms with Gasteiger partial charge < -0.3 is 5.32 Å². The molecule has 1 atom stereocenters. The Labute approximate surface area is 104 Å². The summed E-state index contributed by atoms with van der Waals surface area (Å²) < 4.78 is 0. The van der Waals surface area contributed by atoms with Gasteiger partial charge in [-0.2, -0.15) is 11.8 Å². The summed E-state index contributed by atoms with van der Waals surface area (Å²) in [7, 11) is 0. The lowest BCUT2D eigenvalue weighted by Crippen LogP contribution is -2.44. The smallest absolute Gasteiger partial charge is 0.0191 e. The van der Waals surface area contributed by atoms with Crippen molar-refractivity contribution in [2.45, 2.75) is 19.3 Å². The van der Waals surface area contributed by atoms with Crippen molar-refractivity contribution in [3.63, 3.8) is 0 Å². The fourth-order valence-electron chi connectivity index (χ4n) is 2.63. The van der Waals surface area contributed by atoms with Crippen LogP contribution in [0.5, 0.6) is 0 Å². The zero-order valence-corrected chi connectivity index (χ0v) is 11.0. The quantitative estimate of drug-likeness (QED) is 0.757. The number of nitrogens with one attached hydrogen (secondary N) is 1. The summed E-state index contributed by atoms with van der Waals surface area (Å²) in [5, 5.41) is 3.39. The van der Waals surface area contributed by atoms with E-state index in [0.717, 1.165) is 25.6 Å². The van der Waals surface area contributed by atoms with Crippen molar-refractivity contribution in [1.82, 2.24) is 10.2 Å². The Morgan fingerprint density at radius 3 is 2.88 bits per heavy atom. The van der Waals surface area contributed by atoms with Crippen LogP contribution in [0.1, 0.15) is 19.3 Å². The second-order valence-electron chi connectivity index (χ2n) is 5.06. The van der Waals surface area contributed by atoms with Crippen molar-refractivity contribution in [3.8, 4) is 0 Å². The number of nitrogens with zero attached hydrogens (tertiary/aromatic N) is 1. The predicted molar refractivity (Wildman–Crippen MR) is 73.1 cm³/mol. The van der Waals surface area contributed by atoms with Crippen molar-refractivity contribution in [2.75, 3.05) is 44.2 Å². The second kappa shape index (κ2) is 6.67. The highest BCUT2D eigenvalue weighted by Crippen LogP contribution is 2.27. The zero-order valence-electron chi connectivity index (χ0n) is 10.2. The lowest BCUT2D eigenvalue weighted by Gasteiger charge is -2.29. The third-order valence-corrected chi connectivity index (χ3v) is 4.77. The van der Waals surface area contributed by atoms with E-state index in [9.17, 15) is 0 Å². The van der Waals surface area contributed by atoms with Crippen molar-refractivity contribution in [2.24, 2.45) is 5.92 Å². The van der Waals surface area contributed by atoms with Crippen LogP contribution < -0.4 is 5.32 Å². The van der Waals surface area contributed by atoms with Crippen molar-refractivity contribution < 1.29 is 0 Å². The Morgan fingerprint density at radius 2 is 2.19 bits per heavy atom. The molecule has 0 saturated carbocycles.